The van der Waals surface area contributed by atoms with Crippen LogP contribution in [0.4, 0.5) is 11.4 Å². The minimum Gasteiger partial charge on any atom is -0.375 e. The third-order valence-corrected chi connectivity index (χ3v) is 3.89. The molecule has 0 saturated carbocycles. The predicted octanol–water partition coefficient (Wildman–Crippen LogP) is 4.37. The Balaban J connectivity index is 1.96. The van der Waals surface area contributed by atoms with E-state index in [9.17, 15) is 4.79 Å². The smallest absolute Gasteiger partial charge is 0.243 e. The minimum absolute atomic E-state index is 0.0524. The number of carbonyl (C=O) groups excluding carboxylic acids is 1. The highest BCUT2D eigenvalue weighted by Crippen LogP contribution is 2.23. The Morgan fingerprint density at radius 1 is 1.14 bits per heavy atom. The van der Waals surface area contributed by atoms with E-state index in [1.54, 1.807) is 0 Å². The highest BCUT2D eigenvalue weighted by Gasteiger charge is 2.06. The van der Waals surface area contributed by atoms with Crippen molar-refractivity contribution in [1.82, 2.24) is 0 Å². The molecule has 110 valence electrons. The molecule has 0 radical (unpaired) electrons. The zero-order valence-corrected chi connectivity index (χ0v) is 13.8. The number of carbonyl (C=O) groups is 1. The summed E-state index contributed by atoms with van der Waals surface area (Å²) in [5.74, 6) is -0.0524. The Morgan fingerprint density at radius 3 is 2.62 bits per heavy atom. The van der Waals surface area contributed by atoms with E-state index in [-0.39, 0.29) is 12.5 Å². The Labute approximate surface area is 133 Å². The lowest BCUT2D eigenvalue weighted by Crippen LogP contribution is -2.22. The van der Waals surface area contributed by atoms with E-state index in [2.05, 4.69) is 33.5 Å². The molecule has 1 amide bonds. The Bertz CT molecular complexity index is 640. The van der Waals surface area contributed by atoms with Crippen molar-refractivity contribution in [3.8, 4) is 0 Å². The van der Waals surface area contributed by atoms with E-state index in [1.165, 1.54) is 5.56 Å². The van der Waals surface area contributed by atoms with Gasteiger partial charge in [-0.3, -0.25) is 4.79 Å². The van der Waals surface area contributed by atoms with E-state index < -0.39 is 0 Å². The fraction of sp³-hybridized carbons (Fsp3) is 0.235. The van der Waals surface area contributed by atoms with E-state index in [0.717, 1.165) is 27.8 Å². The monoisotopic (exact) mass is 346 g/mol. The third kappa shape index (κ3) is 4.33. The fourth-order valence-corrected chi connectivity index (χ4v) is 2.72. The number of nitrogens with one attached hydrogen (secondary N) is 2. The minimum atomic E-state index is -0.0524. The zero-order valence-electron chi connectivity index (χ0n) is 12.2. The molecule has 2 rings (SSSR count). The Kier molecular flexibility index (Phi) is 5.39. The van der Waals surface area contributed by atoms with Crippen LogP contribution in [0.2, 0.25) is 0 Å². The normalized spacial score (nSPS) is 10.2. The van der Waals surface area contributed by atoms with E-state index in [0.29, 0.717) is 0 Å². The summed E-state index contributed by atoms with van der Waals surface area (Å²) in [6, 6.07) is 13.9. The average molecular weight is 347 g/mol. The second-order valence-corrected chi connectivity index (χ2v) is 5.75. The van der Waals surface area contributed by atoms with Gasteiger partial charge in [-0.2, -0.15) is 0 Å². The van der Waals surface area contributed by atoms with Crippen LogP contribution in [0.25, 0.3) is 0 Å². The molecule has 0 bridgehead atoms. The first kappa shape index (κ1) is 15.6. The fourth-order valence-electron chi connectivity index (χ4n) is 2.08. The molecule has 0 unspecified atom stereocenters. The van der Waals surface area contributed by atoms with E-state index in [4.69, 9.17) is 0 Å². The summed E-state index contributed by atoms with van der Waals surface area (Å²) in [7, 11) is 0. The first-order valence-corrected chi connectivity index (χ1v) is 7.77. The third-order valence-electron chi connectivity index (χ3n) is 3.24. The molecule has 0 aliphatic carbocycles. The maximum absolute atomic E-state index is 12.0. The number of amides is 1. The van der Waals surface area contributed by atoms with Gasteiger partial charge in [0.2, 0.25) is 5.91 Å². The van der Waals surface area contributed by atoms with E-state index in [1.807, 2.05) is 49.4 Å². The van der Waals surface area contributed by atoms with E-state index >= 15 is 0 Å². The van der Waals surface area contributed by atoms with Crippen LogP contribution in [0.15, 0.2) is 46.9 Å². The molecule has 0 fully saturated rings. The van der Waals surface area contributed by atoms with Crippen LogP contribution in [-0.4, -0.2) is 12.5 Å². The molecule has 0 saturated heterocycles. The highest BCUT2D eigenvalue weighted by molar-refractivity contribution is 9.10. The lowest BCUT2D eigenvalue weighted by Gasteiger charge is -2.12. The van der Waals surface area contributed by atoms with Crippen molar-refractivity contribution < 1.29 is 4.79 Å². The van der Waals surface area contributed by atoms with Crippen LogP contribution < -0.4 is 10.6 Å². The van der Waals surface area contributed by atoms with Crippen molar-refractivity contribution in [2.75, 3.05) is 17.2 Å². The van der Waals surface area contributed by atoms with Gasteiger partial charge in [0.15, 0.2) is 0 Å². The molecular formula is C17H19BrN2O. The molecule has 3 nitrogen and oxygen atoms in total. The van der Waals surface area contributed by atoms with Gasteiger partial charge in [0, 0.05) is 15.8 Å². The number of anilines is 2. The molecule has 0 spiro atoms. The number of hydrogen-bond donors (Lipinski definition) is 2. The molecule has 4 heteroatoms. The van der Waals surface area contributed by atoms with Crippen molar-refractivity contribution in [2.24, 2.45) is 0 Å². The van der Waals surface area contributed by atoms with Crippen molar-refractivity contribution in [1.29, 1.82) is 0 Å². The molecule has 0 aromatic heterocycles. The summed E-state index contributed by atoms with van der Waals surface area (Å²) in [5.41, 5.74) is 4.12. The molecule has 0 atom stereocenters. The van der Waals surface area contributed by atoms with Crippen LogP contribution in [0, 0.1) is 6.92 Å². The van der Waals surface area contributed by atoms with Gasteiger partial charge in [0.25, 0.3) is 0 Å². The second-order valence-electron chi connectivity index (χ2n) is 4.90. The maximum Gasteiger partial charge on any atom is 0.243 e. The van der Waals surface area contributed by atoms with Crippen molar-refractivity contribution in [3.63, 3.8) is 0 Å². The summed E-state index contributed by atoms with van der Waals surface area (Å²) in [4.78, 5) is 12.0. The molecule has 0 aliphatic rings. The quantitative estimate of drug-likeness (QED) is 0.843. The van der Waals surface area contributed by atoms with Gasteiger partial charge in [-0.1, -0.05) is 31.2 Å². The number of para-hydroxylation sites is 1. The first-order chi connectivity index (χ1) is 10.1. The lowest BCUT2D eigenvalue weighted by atomic mass is 10.1. The molecule has 21 heavy (non-hydrogen) atoms. The number of hydrogen-bond acceptors (Lipinski definition) is 2. The molecule has 2 aromatic rings. The summed E-state index contributed by atoms with van der Waals surface area (Å²) < 4.78 is 0.962. The average Bonchev–Trinajstić information content (AvgIpc) is 2.47. The van der Waals surface area contributed by atoms with Gasteiger partial charge in [-0.25, -0.2) is 0 Å². The Morgan fingerprint density at radius 2 is 1.90 bits per heavy atom. The van der Waals surface area contributed by atoms with Crippen molar-refractivity contribution in [2.45, 2.75) is 20.3 Å². The first-order valence-electron chi connectivity index (χ1n) is 6.98. The highest BCUT2D eigenvalue weighted by atomic mass is 79.9. The predicted molar refractivity (Wildman–Crippen MR) is 91.8 cm³/mol. The van der Waals surface area contributed by atoms with Crippen LogP contribution in [-0.2, 0) is 11.2 Å². The molecular weight excluding hydrogens is 328 g/mol. The summed E-state index contributed by atoms with van der Waals surface area (Å²) >= 11 is 3.49. The summed E-state index contributed by atoms with van der Waals surface area (Å²) in [6.07, 6.45) is 0.896. The van der Waals surface area contributed by atoms with Gasteiger partial charge >= 0.3 is 0 Å². The summed E-state index contributed by atoms with van der Waals surface area (Å²) in [6.45, 7) is 4.34. The molecule has 0 aliphatic heterocycles. The van der Waals surface area contributed by atoms with Crippen LogP contribution in [0.1, 0.15) is 18.1 Å². The number of rotatable bonds is 5. The SMILES string of the molecule is CCc1ccccc1NC(=O)CNc1ccc(C)cc1Br. The summed E-state index contributed by atoms with van der Waals surface area (Å²) in [5, 5.41) is 6.08. The number of aryl methyl sites for hydroxylation is 2. The molecule has 0 heterocycles. The zero-order chi connectivity index (χ0) is 15.2. The van der Waals surface area contributed by atoms with Crippen LogP contribution in [0.5, 0.6) is 0 Å². The maximum atomic E-state index is 12.0. The van der Waals surface area contributed by atoms with Crippen LogP contribution >= 0.6 is 15.9 Å². The largest absolute Gasteiger partial charge is 0.375 e. The van der Waals surface area contributed by atoms with Crippen molar-refractivity contribution in [3.05, 3.63) is 58.1 Å². The lowest BCUT2D eigenvalue weighted by molar-refractivity contribution is -0.114. The molecule has 2 aromatic carbocycles. The Hall–Kier alpha value is -1.81. The van der Waals surface area contributed by atoms with Crippen LogP contribution in [0.3, 0.4) is 0 Å². The van der Waals surface area contributed by atoms with Gasteiger partial charge < -0.3 is 10.6 Å². The van der Waals surface area contributed by atoms with Gasteiger partial charge in [0.05, 0.1) is 6.54 Å². The number of benzene rings is 2. The van der Waals surface area contributed by atoms with Gasteiger partial charge in [0.1, 0.15) is 0 Å². The molecule has 2 N–H and O–H groups in total. The number of halogens is 1. The topological polar surface area (TPSA) is 41.1 Å². The van der Waals surface area contributed by atoms with Crippen molar-refractivity contribution >= 4 is 33.2 Å². The standard InChI is InChI=1S/C17H19BrN2O/c1-3-13-6-4-5-7-15(13)20-17(21)11-19-16-9-8-12(2)10-14(16)18/h4-10,19H,3,11H2,1-2H3,(H,20,21). The second kappa shape index (κ2) is 7.27. The van der Waals surface area contributed by atoms with Gasteiger partial charge in [-0.05, 0) is 58.6 Å². The van der Waals surface area contributed by atoms with Gasteiger partial charge in [-0.15, -0.1) is 0 Å².